The predicted molar refractivity (Wildman–Crippen MR) is 81.3 cm³/mol. The standard InChI is InChI=1S/C17H19NO3/c1-12(19)13-7-9-15(10-8-13)21-11-16(20)17(18)14-5-3-2-4-6-14/h2-10,16-17,20H,11,18H2,1H3. The molecule has 0 radical (unpaired) electrons. The maximum atomic E-state index is 11.2. The van der Waals surface area contributed by atoms with Crippen LogP contribution in [0.4, 0.5) is 0 Å². The largest absolute Gasteiger partial charge is 0.491 e. The summed E-state index contributed by atoms with van der Waals surface area (Å²) < 4.78 is 5.50. The molecule has 4 nitrogen and oxygen atoms in total. The topological polar surface area (TPSA) is 72.5 Å². The van der Waals surface area contributed by atoms with Crippen LogP contribution in [0.1, 0.15) is 28.9 Å². The second-order valence-electron chi connectivity index (χ2n) is 4.90. The number of ketones is 1. The van der Waals surface area contributed by atoms with Crippen LogP contribution in [0.25, 0.3) is 0 Å². The second-order valence-corrected chi connectivity index (χ2v) is 4.90. The molecular weight excluding hydrogens is 266 g/mol. The number of aliphatic hydroxyl groups is 1. The average Bonchev–Trinajstić information content (AvgIpc) is 2.53. The first-order valence-electron chi connectivity index (χ1n) is 6.80. The Morgan fingerprint density at radius 2 is 1.76 bits per heavy atom. The number of aliphatic hydroxyl groups excluding tert-OH is 1. The Hall–Kier alpha value is -2.17. The Morgan fingerprint density at radius 1 is 1.14 bits per heavy atom. The molecule has 0 saturated carbocycles. The Kier molecular flexibility index (Phi) is 5.09. The van der Waals surface area contributed by atoms with E-state index in [0.29, 0.717) is 11.3 Å². The summed E-state index contributed by atoms with van der Waals surface area (Å²) in [5.74, 6) is 0.604. The number of carbonyl (C=O) groups excluding carboxylic acids is 1. The fraction of sp³-hybridized carbons (Fsp3) is 0.235. The van der Waals surface area contributed by atoms with Crippen molar-refractivity contribution in [2.75, 3.05) is 6.61 Å². The molecule has 2 aromatic rings. The normalized spacial score (nSPS) is 13.5. The second kappa shape index (κ2) is 7.02. The summed E-state index contributed by atoms with van der Waals surface area (Å²) in [6.07, 6.45) is -0.806. The molecule has 0 bridgehead atoms. The minimum atomic E-state index is -0.806. The molecule has 2 rings (SSSR count). The number of carbonyl (C=O) groups is 1. The van der Waals surface area contributed by atoms with E-state index in [1.807, 2.05) is 30.3 Å². The van der Waals surface area contributed by atoms with Gasteiger partial charge in [-0.25, -0.2) is 0 Å². The highest BCUT2D eigenvalue weighted by Gasteiger charge is 2.17. The first-order valence-corrected chi connectivity index (χ1v) is 6.80. The van der Waals surface area contributed by atoms with Gasteiger partial charge < -0.3 is 15.6 Å². The van der Waals surface area contributed by atoms with Gasteiger partial charge >= 0.3 is 0 Å². The zero-order chi connectivity index (χ0) is 15.2. The Morgan fingerprint density at radius 3 is 2.33 bits per heavy atom. The summed E-state index contributed by atoms with van der Waals surface area (Å²) in [5.41, 5.74) is 7.48. The van der Waals surface area contributed by atoms with E-state index in [0.717, 1.165) is 5.56 Å². The van der Waals surface area contributed by atoms with E-state index >= 15 is 0 Å². The number of Topliss-reactive ketones (excluding diaryl/α,β-unsaturated/α-hetero) is 1. The van der Waals surface area contributed by atoms with E-state index < -0.39 is 12.1 Å². The fourth-order valence-electron chi connectivity index (χ4n) is 1.97. The van der Waals surface area contributed by atoms with Crippen molar-refractivity contribution in [2.24, 2.45) is 5.73 Å². The number of rotatable bonds is 6. The molecule has 2 unspecified atom stereocenters. The van der Waals surface area contributed by atoms with E-state index in [2.05, 4.69) is 0 Å². The summed E-state index contributed by atoms with van der Waals surface area (Å²) in [5, 5.41) is 10.1. The summed E-state index contributed by atoms with van der Waals surface area (Å²) >= 11 is 0. The molecule has 0 saturated heterocycles. The van der Waals surface area contributed by atoms with Gasteiger partial charge in [-0.05, 0) is 36.8 Å². The molecule has 0 amide bonds. The lowest BCUT2D eigenvalue weighted by Gasteiger charge is -2.19. The van der Waals surface area contributed by atoms with Crippen LogP contribution in [0, 0.1) is 0 Å². The molecule has 110 valence electrons. The molecule has 0 fully saturated rings. The van der Waals surface area contributed by atoms with Gasteiger partial charge in [0.15, 0.2) is 5.78 Å². The van der Waals surface area contributed by atoms with Gasteiger partial charge in [-0.1, -0.05) is 30.3 Å². The van der Waals surface area contributed by atoms with Crippen molar-refractivity contribution in [1.82, 2.24) is 0 Å². The van der Waals surface area contributed by atoms with Crippen LogP contribution in [0.5, 0.6) is 5.75 Å². The summed E-state index contributed by atoms with van der Waals surface area (Å²) in [6.45, 7) is 1.61. The van der Waals surface area contributed by atoms with Gasteiger partial charge in [0.25, 0.3) is 0 Å². The zero-order valence-electron chi connectivity index (χ0n) is 11.9. The van der Waals surface area contributed by atoms with Gasteiger partial charge in [0, 0.05) is 5.56 Å². The first-order chi connectivity index (χ1) is 10.1. The molecule has 0 aliphatic heterocycles. The summed E-state index contributed by atoms with van der Waals surface area (Å²) in [6, 6.07) is 15.7. The van der Waals surface area contributed by atoms with Gasteiger partial charge in [0.05, 0.1) is 6.04 Å². The molecule has 0 spiro atoms. The molecule has 0 aliphatic rings. The highest BCUT2D eigenvalue weighted by molar-refractivity contribution is 5.94. The van der Waals surface area contributed by atoms with Gasteiger partial charge in [0.1, 0.15) is 18.5 Å². The van der Waals surface area contributed by atoms with Gasteiger partial charge in [0.2, 0.25) is 0 Å². The van der Waals surface area contributed by atoms with Crippen LogP contribution in [0.2, 0.25) is 0 Å². The summed E-state index contributed by atoms with van der Waals surface area (Å²) in [4.78, 5) is 11.2. The van der Waals surface area contributed by atoms with E-state index in [4.69, 9.17) is 10.5 Å². The van der Waals surface area contributed by atoms with E-state index in [9.17, 15) is 9.90 Å². The Labute approximate surface area is 124 Å². The van der Waals surface area contributed by atoms with Crippen LogP contribution < -0.4 is 10.5 Å². The van der Waals surface area contributed by atoms with Crippen molar-refractivity contribution in [2.45, 2.75) is 19.1 Å². The minimum absolute atomic E-state index is 0.00712. The van der Waals surface area contributed by atoms with E-state index in [-0.39, 0.29) is 12.4 Å². The van der Waals surface area contributed by atoms with Crippen molar-refractivity contribution in [3.05, 3.63) is 65.7 Å². The number of ether oxygens (including phenoxy) is 1. The van der Waals surface area contributed by atoms with Crippen LogP contribution in [-0.2, 0) is 0 Å². The van der Waals surface area contributed by atoms with Gasteiger partial charge in [-0.2, -0.15) is 0 Å². The molecule has 3 N–H and O–H groups in total. The summed E-state index contributed by atoms with van der Waals surface area (Å²) in [7, 11) is 0. The Bertz CT molecular complexity index is 581. The third-order valence-corrected chi connectivity index (χ3v) is 3.28. The average molecular weight is 285 g/mol. The quantitative estimate of drug-likeness (QED) is 0.799. The highest BCUT2D eigenvalue weighted by atomic mass is 16.5. The molecule has 0 heterocycles. The van der Waals surface area contributed by atoms with Crippen LogP contribution in [-0.4, -0.2) is 23.6 Å². The zero-order valence-corrected chi connectivity index (χ0v) is 11.9. The lowest BCUT2D eigenvalue weighted by atomic mass is 10.0. The predicted octanol–water partition coefficient (Wildman–Crippen LogP) is 2.33. The molecule has 2 aromatic carbocycles. The van der Waals surface area contributed by atoms with Gasteiger partial charge in [-0.3, -0.25) is 4.79 Å². The molecule has 0 aliphatic carbocycles. The molecular formula is C17H19NO3. The maximum absolute atomic E-state index is 11.2. The highest BCUT2D eigenvalue weighted by Crippen LogP contribution is 2.17. The monoisotopic (exact) mass is 285 g/mol. The third-order valence-electron chi connectivity index (χ3n) is 3.28. The fourth-order valence-corrected chi connectivity index (χ4v) is 1.97. The van der Waals surface area contributed by atoms with Crippen LogP contribution >= 0.6 is 0 Å². The van der Waals surface area contributed by atoms with Crippen LogP contribution in [0.15, 0.2) is 54.6 Å². The van der Waals surface area contributed by atoms with Crippen molar-refractivity contribution in [3.63, 3.8) is 0 Å². The van der Waals surface area contributed by atoms with Crippen molar-refractivity contribution < 1.29 is 14.6 Å². The van der Waals surface area contributed by atoms with Crippen molar-refractivity contribution in [1.29, 1.82) is 0 Å². The van der Waals surface area contributed by atoms with Crippen molar-refractivity contribution in [3.8, 4) is 5.75 Å². The number of benzene rings is 2. The number of nitrogens with two attached hydrogens (primary N) is 1. The lowest BCUT2D eigenvalue weighted by Crippen LogP contribution is -2.31. The molecule has 2 atom stereocenters. The van der Waals surface area contributed by atoms with Gasteiger partial charge in [-0.15, -0.1) is 0 Å². The van der Waals surface area contributed by atoms with Crippen molar-refractivity contribution >= 4 is 5.78 Å². The number of hydrogen-bond donors (Lipinski definition) is 2. The molecule has 21 heavy (non-hydrogen) atoms. The third kappa shape index (κ3) is 4.15. The smallest absolute Gasteiger partial charge is 0.159 e. The first kappa shape index (κ1) is 15.2. The van der Waals surface area contributed by atoms with Crippen LogP contribution in [0.3, 0.4) is 0 Å². The SMILES string of the molecule is CC(=O)c1ccc(OCC(O)C(N)c2ccccc2)cc1. The number of hydrogen-bond acceptors (Lipinski definition) is 4. The van der Waals surface area contributed by atoms with E-state index in [1.165, 1.54) is 6.92 Å². The lowest BCUT2D eigenvalue weighted by molar-refractivity contribution is 0.0850. The van der Waals surface area contributed by atoms with E-state index in [1.54, 1.807) is 24.3 Å². The molecule has 0 aromatic heterocycles. The maximum Gasteiger partial charge on any atom is 0.159 e. The molecule has 4 heteroatoms. The Balaban J connectivity index is 1.91. The minimum Gasteiger partial charge on any atom is -0.491 e.